The average Bonchev–Trinajstić information content (AvgIpc) is 2.95. The monoisotopic (exact) mass is 287 g/mol. The molecule has 3 fully saturated rings. The Hall–Kier alpha value is -0.810. The maximum atomic E-state index is 12.3. The number of fused-ring (bicyclic) bond motifs is 1. The van der Waals surface area contributed by atoms with Crippen LogP contribution in [0.25, 0.3) is 0 Å². The third kappa shape index (κ3) is 2.72. The van der Waals surface area contributed by atoms with Gasteiger partial charge in [-0.1, -0.05) is 6.42 Å². The number of carbonyl (C=O) groups excluding carboxylic acids is 2. The first-order valence-corrected chi connectivity index (χ1v) is 6.99. The summed E-state index contributed by atoms with van der Waals surface area (Å²) in [6.07, 6.45) is 4.60. The first-order valence-electron chi connectivity index (χ1n) is 6.99. The third-order valence-electron chi connectivity index (χ3n) is 4.76. The highest BCUT2D eigenvalue weighted by Crippen LogP contribution is 2.35. The molecule has 4 atom stereocenters. The van der Waals surface area contributed by atoms with Crippen LogP contribution in [0.15, 0.2) is 0 Å². The lowest BCUT2D eigenvalue weighted by atomic mass is 9.78. The number of nitrogens with two attached hydrogens (primary N) is 1. The Morgan fingerprint density at radius 3 is 2.68 bits per heavy atom. The van der Waals surface area contributed by atoms with E-state index in [4.69, 9.17) is 5.73 Å². The van der Waals surface area contributed by atoms with Crippen LogP contribution in [0.2, 0.25) is 0 Å². The normalized spacial score (nSPS) is 37.5. The molecule has 2 saturated heterocycles. The van der Waals surface area contributed by atoms with Gasteiger partial charge in [0.1, 0.15) is 6.04 Å². The van der Waals surface area contributed by atoms with E-state index in [2.05, 4.69) is 5.32 Å². The number of carbonyl (C=O) groups is 2. The SMILES string of the molecule is Cl.NC1CCCC2CN(C(=O)[C@H]3CCC(=O)N3)CC12. The van der Waals surface area contributed by atoms with Crippen LogP contribution in [0.4, 0.5) is 0 Å². The summed E-state index contributed by atoms with van der Waals surface area (Å²) in [5.41, 5.74) is 6.15. The van der Waals surface area contributed by atoms with Gasteiger partial charge >= 0.3 is 0 Å². The number of hydrogen-bond donors (Lipinski definition) is 2. The molecule has 0 aromatic heterocycles. The van der Waals surface area contributed by atoms with E-state index < -0.39 is 0 Å². The Labute approximate surface area is 119 Å². The molecule has 0 radical (unpaired) electrons. The van der Waals surface area contributed by atoms with Crippen molar-refractivity contribution in [3.8, 4) is 0 Å². The fourth-order valence-electron chi connectivity index (χ4n) is 3.72. The maximum Gasteiger partial charge on any atom is 0.245 e. The molecule has 3 rings (SSSR count). The van der Waals surface area contributed by atoms with Crippen LogP contribution in [0.1, 0.15) is 32.1 Å². The molecular weight excluding hydrogens is 266 g/mol. The molecule has 0 aromatic rings. The molecule has 3 N–H and O–H groups in total. The minimum absolute atomic E-state index is 0. The van der Waals surface area contributed by atoms with Crippen molar-refractivity contribution in [1.29, 1.82) is 0 Å². The number of nitrogens with one attached hydrogen (secondary N) is 1. The second-order valence-electron chi connectivity index (χ2n) is 5.92. The van der Waals surface area contributed by atoms with Crippen LogP contribution in [-0.4, -0.2) is 41.9 Å². The second-order valence-corrected chi connectivity index (χ2v) is 5.92. The zero-order chi connectivity index (χ0) is 12.7. The van der Waals surface area contributed by atoms with Crippen molar-refractivity contribution in [3.05, 3.63) is 0 Å². The van der Waals surface area contributed by atoms with Gasteiger partial charge in [0.25, 0.3) is 0 Å². The van der Waals surface area contributed by atoms with Gasteiger partial charge in [0, 0.05) is 25.6 Å². The fraction of sp³-hybridized carbons (Fsp3) is 0.846. The highest BCUT2D eigenvalue weighted by Gasteiger charge is 2.42. The molecule has 3 aliphatic rings. The van der Waals surface area contributed by atoms with Gasteiger partial charge in [-0.3, -0.25) is 9.59 Å². The van der Waals surface area contributed by atoms with Crippen molar-refractivity contribution in [3.63, 3.8) is 0 Å². The Bertz CT molecular complexity index is 377. The van der Waals surface area contributed by atoms with Crippen LogP contribution in [0.3, 0.4) is 0 Å². The molecule has 0 bridgehead atoms. The van der Waals surface area contributed by atoms with E-state index in [1.165, 1.54) is 12.8 Å². The lowest BCUT2D eigenvalue weighted by Gasteiger charge is -2.29. The van der Waals surface area contributed by atoms with Crippen LogP contribution < -0.4 is 11.1 Å². The summed E-state index contributed by atoms with van der Waals surface area (Å²) in [7, 11) is 0. The van der Waals surface area contributed by atoms with Crippen molar-refractivity contribution < 1.29 is 9.59 Å². The van der Waals surface area contributed by atoms with Gasteiger partial charge in [-0.2, -0.15) is 0 Å². The minimum Gasteiger partial charge on any atom is -0.344 e. The summed E-state index contributed by atoms with van der Waals surface area (Å²) in [6.45, 7) is 1.63. The Balaban J connectivity index is 0.00000133. The summed E-state index contributed by atoms with van der Waals surface area (Å²) in [5.74, 6) is 1.15. The van der Waals surface area contributed by atoms with Crippen molar-refractivity contribution in [2.24, 2.45) is 17.6 Å². The summed E-state index contributed by atoms with van der Waals surface area (Å²) >= 11 is 0. The lowest BCUT2D eigenvalue weighted by Crippen LogP contribution is -2.44. The van der Waals surface area contributed by atoms with Crippen LogP contribution in [-0.2, 0) is 9.59 Å². The highest BCUT2D eigenvalue weighted by molar-refractivity contribution is 5.91. The average molecular weight is 288 g/mol. The van der Waals surface area contributed by atoms with E-state index in [1.807, 2.05) is 4.90 Å². The second kappa shape index (κ2) is 5.67. The summed E-state index contributed by atoms with van der Waals surface area (Å²) < 4.78 is 0. The van der Waals surface area contributed by atoms with Gasteiger partial charge in [0.15, 0.2) is 0 Å². The molecular formula is C13H22ClN3O2. The largest absolute Gasteiger partial charge is 0.344 e. The molecule has 6 heteroatoms. The molecule has 1 saturated carbocycles. The van der Waals surface area contributed by atoms with Crippen molar-refractivity contribution in [2.75, 3.05) is 13.1 Å². The number of hydrogen-bond acceptors (Lipinski definition) is 3. The summed E-state index contributed by atoms with van der Waals surface area (Å²) in [5, 5.41) is 2.76. The van der Waals surface area contributed by atoms with E-state index in [-0.39, 0.29) is 36.3 Å². The third-order valence-corrected chi connectivity index (χ3v) is 4.76. The zero-order valence-electron chi connectivity index (χ0n) is 11.0. The van der Waals surface area contributed by atoms with E-state index in [0.717, 1.165) is 19.5 Å². The highest BCUT2D eigenvalue weighted by atomic mass is 35.5. The van der Waals surface area contributed by atoms with E-state index in [1.54, 1.807) is 0 Å². The number of rotatable bonds is 1. The summed E-state index contributed by atoms with van der Waals surface area (Å²) in [6, 6.07) is -0.0337. The van der Waals surface area contributed by atoms with Crippen LogP contribution in [0.5, 0.6) is 0 Å². The predicted molar refractivity (Wildman–Crippen MR) is 73.8 cm³/mol. The zero-order valence-corrected chi connectivity index (χ0v) is 11.8. The minimum atomic E-state index is -0.283. The van der Waals surface area contributed by atoms with Gasteiger partial charge in [-0.05, 0) is 31.1 Å². The smallest absolute Gasteiger partial charge is 0.245 e. The van der Waals surface area contributed by atoms with Gasteiger partial charge in [0.05, 0.1) is 0 Å². The topological polar surface area (TPSA) is 75.4 Å². The molecule has 0 spiro atoms. The Kier molecular flexibility index (Phi) is 4.36. The molecule has 2 amide bonds. The molecule has 5 nitrogen and oxygen atoms in total. The molecule has 1 aliphatic carbocycles. The van der Waals surface area contributed by atoms with Gasteiger partial charge in [0.2, 0.25) is 11.8 Å². The van der Waals surface area contributed by atoms with Crippen LogP contribution in [0, 0.1) is 11.8 Å². The standard InChI is InChI=1S/C13H21N3O2.ClH/c14-10-3-1-2-8-6-16(7-9(8)10)13(18)11-4-5-12(17)15-11;/h8-11H,1-7,14H2,(H,15,17);1H/t8?,9?,10?,11-;/m1./s1. The number of halogens is 1. The molecule has 0 aromatic carbocycles. The van der Waals surface area contributed by atoms with Gasteiger partial charge in [-0.25, -0.2) is 0 Å². The van der Waals surface area contributed by atoms with Gasteiger partial charge < -0.3 is 16.0 Å². The molecule has 108 valence electrons. The predicted octanol–water partition coefficient (Wildman–Crippen LogP) is 0.273. The summed E-state index contributed by atoms with van der Waals surface area (Å²) in [4.78, 5) is 25.4. The lowest BCUT2D eigenvalue weighted by molar-refractivity contribution is -0.133. The Morgan fingerprint density at radius 2 is 2.05 bits per heavy atom. The van der Waals surface area contributed by atoms with E-state index in [9.17, 15) is 9.59 Å². The van der Waals surface area contributed by atoms with Crippen molar-refractivity contribution in [2.45, 2.75) is 44.2 Å². The van der Waals surface area contributed by atoms with E-state index >= 15 is 0 Å². The molecule has 3 unspecified atom stereocenters. The van der Waals surface area contributed by atoms with Crippen LogP contribution >= 0.6 is 12.4 Å². The first kappa shape index (κ1) is 14.6. The Morgan fingerprint density at radius 1 is 1.26 bits per heavy atom. The van der Waals surface area contributed by atoms with Crippen molar-refractivity contribution in [1.82, 2.24) is 10.2 Å². The molecule has 2 heterocycles. The maximum absolute atomic E-state index is 12.3. The number of likely N-dealkylation sites (tertiary alicyclic amines) is 1. The fourth-order valence-corrected chi connectivity index (χ4v) is 3.72. The van der Waals surface area contributed by atoms with Gasteiger partial charge in [-0.15, -0.1) is 12.4 Å². The number of amides is 2. The van der Waals surface area contributed by atoms with Crippen molar-refractivity contribution >= 4 is 24.2 Å². The number of nitrogens with zero attached hydrogens (tertiary/aromatic N) is 1. The molecule has 2 aliphatic heterocycles. The van der Waals surface area contributed by atoms with E-state index in [0.29, 0.717) is 24.7 Å². The quantitative estimate of drug-likeness (QED) is 0.727. The first-order chi connectivity index (χ1) is 8.65. The molecule has 19 heavy (non-hydrogen) atoms.